The number of amides is 1. The molecule has 176 valence electrons. The van der Waals surface area contributed by atoms with E-state index in [2.05, 4.69) is 15.3 Å². The third-order valence-electron chi connectivity index (χ3n) is 6.03. The lowest BCUT2D eigenvalue weighted by Gasteiger charge is -2.14. The number of sulfone groups is 1. The number of fused-ring (bicyclic) bond motifs is 1. The summed E-state index contributed by atoms with van der Waals surface area (Å²) in [6.07, 6.45) is 2.54. The maximum Gasteiger partial charge on any atom is 0.272 e. The molecule has 1 fully saturated rings. The van der Waals surface area contributed by atoms with Crippen LogP contribution in [0.1, 0.15) is 34.3 Å². The van der Waals surface area contributed by atoms with Gasteiger partial charge in [-0.2, -0.15) is 0 Å². The average molecular weight is 483 g/mol. The molecular weight excluding hydrogens is 459 g/mol. The lowest BCUT2D eigenvalue weighted by atomic mass is 10.1. The minimum atomic E-state index is -3.11. The molecule has 1 N–H and O–H groups in total. The van der Waals surface area contributed by atoms with Gasteiger partial charge in [-0.1, -0.05) is 12.1 Å². The van der Waals surface area contributed by atoms with E-state index in [4.69, 9.17) is 4.42 Å². The molecule has 0 saturated carbocycles. The molecule has 0 aliphatic carbocycles. The minimum Gasteiger partial charge on any atom is -0.463 e. The van der Waals surface area contributed by atoms with E-state index in [0.29, 0.717) is 47.7 Å². The first kappa shape index (κ1) is 22.3. The van der Waals surface area contributed by atoms with Crippen molar-refractivity contribution in [1.29, 1.82) is 0 Å². The normalized spacial score (nSPS) is 17.3. The third-order valence-corrected chi connectivity index (χ3v) is 7.78. The number of aryl methyl sites for hydroxylation is 1. The van der Waals surface area contributed by atoms with Gasteiger partial charge < -0.3 is 14.3 Å². The molecule has 3 aromatic heterocycles. The van der Waals surface area contributed by atoms with Crippen molar-refractivity contribution >= 4 is 26.8 Å². The number of benzene rings is 1. The molecule has 4 aromatic rings. The summed E-state index contributed by atoms with van der Waals surface area (Å²) in [5.74, 6) is 0.572. The number of rotatable bonds is 6. The van der Waals surface area contributed by atoms with Gasteiger partial charge in [-0.3, -0.25) is 4.79 Å². The first-order chi connectivity index (χ1) is 16.3. The number of imidazole rings is 1. The summed E-state index contributed by atoms with van der Waals surface area (Å²) >= 11 is 0. The van der Waals surface area contributed by atoms with Gasteiger partial charge in [-0.15, -0.1) is 0 Å². The Bertz CT molecular complexity index is 1460. The van der Waals surface area contributed by atoms with Gasteiger partial charge in [0.2, 0.25) is 0 Å². The monoisotopic (exact) mass is 482 g/mol. The highest BCUT2D eigenvalue weighted by atomic mass is 32.2. The zero-order chi connectivity index (χ0) is 23.9. The van der Waals surface area contributed by atoms with Gasteiger partial charge in [0.05, 0.1) is 29.3 Å². The molecular formula is C24H23FN4O4S. The third kappa shape index (κ3) is 4.33. The highest BCUT2D eigenvalue weighted by Gasteiger charge is 2.32. The van der Waals surface area contributed by atoms with E-state index in [-0.39, 0.29) is 29.1 Å². The first-order valence-electron chi connectivity index (χ1n) is 11.0. The standard InChI is InChI=1S/C24H23FN4O4S/c1-15-27-22-20(29(15)18-9-12-34(31,32)14-18)13-19(21-3-2-11-33-21)28-23(22)24(30)26-10-8-16-4-6-17(25)7-5-16/h2-7,11,13,18H,8-10,12,14H2,1H3,(H,26,30). The number of halogens is 1. The Balaban J connectivity index is 1.50. The fraction of sp³-hybridized carbons (Fsp3) is 0.292. The Morgan fingerprint density at radius 2 is 2.03 bits per heavy atom. The van der Waals surface area contributed by atoms with Gasteiger partial charge in [0.1, 0.15) is 22.9 Å². The van der Waals surface area contributed by atoms with Crippen molar-refractivity contribution in [3.05, 3.63) is 71.6 Å². The van der Waals surface area contributed by atoms with Crippen LogP contribution in [0.3, 0.4) is 0 Å². The second kappa shape index (κ2) is 8.68. The molecule has 1 atom stereocenters. The number of hydrogen-bond donors (Lipinski definition) is 1. The zero-order valence-corrected chi connectivity index (χ0v) is 19.3. The molecule has 1 unspecified atom stereocenters. The number of hydrogen-bond acceptors (Lipinski definition) is 6. The molecule has 0 radical (unpaired) electrons. The van der Waals surface area contributed by atoms with Crippen molar-refractivity contribution in [2.45, 2.75) is 25.8 Å². The molecule has 4 heterocycles. The molecule has 8 nitrogen and oxygen atoms in total. The van der Waals surface area contributed by atoms with Crippen molar-refractivity contribution in [2.24, 2.45) is 0 Å². The lowest BCUT2D eigenvalue weighted by Crippen LogP contribution is -2.27. The number of nitrogens with one attached hydrogen (secondary N) is 1. The summed E-state index contributed by atoms with van der Waals surface area (Å²) in [5.41, 5.74) is 2.56. The highest BCUT2D eigenvalue weighted by molar-refractivity contribution is 7.91. The van der Waals surface area contributed by atoms with Gasteiger partial charge in [-0.05, 0) is 55.7 Å². The fourth-order valence-corrected chi connectivity index (χ4v) is 6.11. The minimum absolute atomic E-state index is 0.0386. The van der Waals surface area contributed by atoms with Gasteiger partial charge in [0.25, 0.3) is 5.91 Å². The molecule has 1 saturated heterocycles. The van der Waals surface area contributed by atoms with Gasteiger partial charge in [0.15, 0.2) is 21.3 Å². The Labute approximate surface area is 195 Å². The molecule has 34 heavy (non-hydrogen) atoms. The summed E-state index contributed by atoms with van der Waals surface area (Å²) in [4.78, 5) is 22.3. The number of carbonyl (C=O) groups excluding carboxylic acids is 1. The Hall–Kier alpha value is -3.53. The van der Waals surface area contributed by atoms with Gasteiger partial charge >= 0.3 is 0 Å². The molecule has 0 bridgehead atoms. The van der Waals surface area contributed by atoms with E-state index in [0.717, 1.165) is 5.56 Å². The SMILES string of the molecule is Cc1nc2c(C(=O)NCCc3ccc(F)cc3)nc(-c3ccco3)cc2n1C1CCS(=O)(=O)C1. The molecule has 5 rings (SSSR count). The second-order valence-corrected chi connectivity index (χ2v) is 10.6. The quantitative estimate of drug-likeness (QED) is 0.451. The van der Waals surface area contributed by atoms with Crippen LogP contribution in [0.5, 0.6) is 0 Å². The Morgan fingerprint density at radius 3 is 2.71 bits per heavy atom. The smallest absolute Gasteiger partial charge is 0.272 e. The molecule has 10 heteroatoms. The average Bonchev–Trinajstić information content (AvgIpc) is 3.52. The van der Waals surface area contributed by atoms with Crippen LogP contribution in [0.4, 0.5) is 4.39 Å². The lowest BCUT2D eigenvalue weighted by molar-refractivity contribution is 0.0951. The van der Waals surface area contributed by atoms with Crippen LogP contribution in [0.25, 0.3) is 22.5 Å². The topological polar surface area (TPSA) is 107 Å². The summed E-state index contributed by atoms with van der Waals surface area (Å²) in [6.45, 7) is 2.13. The zero-order valence-electron chi connectivity index (χ0n) is 18.5. The fourth-order valence-electron chi connectivity index (χ4n) is 4.41. The number of nitrogens with zero attached hydrogens (tertiary/aromatic N) is 3. The molecule has 1 amide bonds. The maximum absolute atomic E-state index is 13.2. The number of aromatic nitrogens is 3. The van der Waals surface area contributed by atoms with E-state index >= 15 is 0 Å². The molecule has 0 spiro atoms. The van der Waals surface area contributed by atoms with Crippen LogP contribution in [-0.2, 0) is 16.3 Å². The van der Waals surface area contributed by atoms with E-state index in [9.17, 15) is 17.6 Å². The van der Waals surface area contributed by atoms with Crippen LogP contribution in [0.15, 0.2) is 53.1 Å². The number of furan rings is 1. The van der Waals surface area contributed by atoms with Crippen molar-refractivity contribution < 1.29 is 22.0 Å². The van der Waals surface area contributed by atoms with E-state index in [1.54, 1.807) is 37.3 Å². The van der Waals surface area contributed by atoms with E-state index in [1.807, 2.05) is 4.57 Å². The first-order valence-corrected chi connectivity index (χ1v) is 12.8. The molecule has 1 aliphatic heterocycles. The second-order valence-electron chi connectivity index (χ2n) is 8.42. The summed E-state index contributed by atoms with van der Waals surface area (Å²) < 4.78 is 44.8. The van der Waals surface area contributed by atoms with Crippen molar-refractivity contribution in [1.82, 2.24) is 19.9 Å². The predicted octanol–water partition coefficient (Wildman–Crippen LogP) is 3.47. The van der Waals surface area contributed by atoms with Crippen LogP contribution in [0, 0.1) is 12.7 Å². The Morgan fingerprint density at radius 1 is 1.24 bits per heavy atom. The van der Waals surface area contributed by atoms with Crippen LogP contribution < -0.4 is 5.32 Å². The van der Waals surface area contributed by atoms with E-state index in [1.165, 1.54) is 18.4 Å². The van der Waals surface area contributed by atoms with Crippen molar-refractivity contribution in [3.63, 3.8) is 0 Å². The van der Waals surface area contributed by atoms with Crippen molar-refractivity contribution in [2.75, 3.05) is 18.1 Å². The van der Waals surface area contributed by atoms with Gasteiger partial charge in [-0.25, -0.2) is 22.8 Å². The van der Waals surface area contributed by atoms with Crippen LogP contribution in [-0.4, -0.2) is 46.9 Å². The van der Waals surface area contributed by atoms with E-state index < -0.39 is 15.7 Å². The largest absolute Gasteiger partial charge is 0.463 e. The van der Waals surface area contributed by atoms with Gasteiger partial charge in [0, 0.05) is 6.54 Å². The molecule has 1 aliphatic rings. The van der Waals surface area contributed by atoms with Crippen molar-refractivity contribution in [3.8, 4) is 11.5 Å². The summed E-state index contributed by atoms with van der Waals surface area (Å²) in [6, 6.07) is 11.1. The Kier molecular flexibility index (Phi) is 5.68. The number of carbonyl (C=O) groups is 1. The highest BCUT2D eigenvalue weighted by Crippen LogP contribution is 2.32. The van der Waals surface area contributed by atoms with Crippen LogP contribution >= 0.6 is 0 Å². The van der Waals surface area contributed by atoms with Crippen LogP contribution in [0.2, 0.25) is 0 Å². The maximum atomic E-state index is 13.2. The summed E-state index contributed by atoms with van der Waals surface area (Å²) in [5, 5.41) is 2.87. The summed E-state index contributed by atoms with van der Waals surface area (Å²) in [7, 11) is -3.11. The number of pyridine rings is 1. The predicted molar refractivity (Wildman–Crippen MR) is 125 cm³/mol. The molecule has 1 aromatic carbocycles.